The van der Waals surface area contributed by atoms with Crippen LogP contribution in [0, 0.1) is 29.8 Å². The summed E-state index contributed by atoms with van der Waals surface area (Å²) in [5, 5.41) is 19.1. The molecule has 0 unspecified atom stereocenters. The van der Waals surface area contributed by atoms with Crippen molar-refractivity contribution in [1.82, 2.24) is 14.8 Å². The molecule has 0 aliphatic carbocycles. The van der Waals surface area contributed by atoms with Crippen LogP contribution in [0.2, 0.25) is 0 Å². The Balaban J connectivity index is 1.66. The van der Waals surface area contributed by atoms with Crippen LogP contribution < -0.4 is 5.32 Å². The maximum Gasteiger partial charge on any atom is 0.293 e. The summed E-state index contributed by atoms with van der Waals surface area (Å²) < 4.78 is 14.8. The molecule has 0 fully saturated rings. The van der Waals surface area contributed by atoms with Crippen LogP contribution in [-0.2, 0) is 11.3 Å². The zero-order chi connectivity index (χ0) is 22.1. The Morgan fingerprint density at radius 3 is 2.61 bits per heavy atom. The molecule has 8 nitrogen and oxygen atoms in total. The Hall–Kier alpha value is -4.14. The lowest BCUT2D eigenvalue weighted by Gasteiger charge is -2.08. The molecule has 1 amide bonds. The molecular formula is C22H18FN5O3. The van der Waals surface area contributed by atoms with Gasteiger partial charge in [-0.05, 0) is 54.8 Å². The monoisotopic (exact) mass is 419 g/mol. The number of amides is 1. The molecule has 1 N–H and O–H groups in total. The first-order valence-corrected chi connectivity index (χ1v) is 9.46. The molecule has 0 atom stereocenters. The molecule has 0 bridgehead atoms. The van der Waals surface area contributed by atoms with E-state index < -0.39 is 10.8 Å². The van der Waals surface area contributed by atoms with Gasteiger partial charge in [0, 0.05) is 17.6 Å². The normalized spacial score (nSPS) is 10.9. The van der Waals surface area contributed by atoms with E-state index in [-0.39, 0.29) is 23.7 Å². The summed E-state index contributed by atoms with van der Waals surface area (Å²) in [6.45, 7) is 3.37. The van der Waals surface area contributed by atoms with Crippen LogP contribution in [0.4, 0.5) is 15.8 Å². The van der Waals surface area contributed by atoms with Gasteiger partial charge in [-0.1, -0.05) is 18.2 Å². The van der Waals surface area contributed by atoms with Gasteiger partial charge in [0.25, 0.3) is 5.69 Å². The van der Waals surface area contributed by atoms with E-state index in [1.807, 2.05) is 6.07 Å². The first-order valence-electron chi connectivity index (χ1n) is 9.46. The lowest BCUT2D eigenvalue weighted by atomic mass is 10.0. The number of aromatic nitrogens is 3. The van der Waals surface area contributed by atoms with Crippen LogP contribution in [0.25, 0.3) is 22.2 Å². The van der Waals surface area contributed by atoms with Crippen LogP contribution in [0.3, 0.4) is 0 Å². The molecule has 4 aromatic rings. The van der Waals surface area contributed by atoms with E-state index >= 15 is 0 Å². The largest absolute Gasteiger partial charge is 0.319 e. The number of rotatable bonds is 5. The number of anilines is 1. The fourth-order valence-corrected chi connectivity index (χ4v) is 3.49. The fraction of sp³-hybridized carbons (Fsp3) is 0.136. The Morgan fingerprint density at radius 1 is 1.16 bits per heavy atom. The predicted molar refractivity (Wildman–Crippen MR) is 114 cm³/mol. The van der Waals surface area contributed by atoms with Gasteiger partial charge in [-0.15, -0.1) is 0 Å². The third-order valence-corrected chi connectivity index (χ3v) is 4.88. The lowest BCUT2D eigenvalue weighted by molar-refractivity contribution is -0.384. The van der Waals surface area contributed by atoms with Gasteiger partial charge in [-0.25, -0.2) is 14.1 Å². The summed E-state index contributed by atoms with van der Waals surface area (Å²) in [6.07, 6.45) is 1.60. The Kier molecular flexibility index (Phi) is 5.16. The Morgan fingerprint density at radius 2 is 1.90 bits per heavy atom. The molecule has 2 aromatic carbocycles. The van der Waals surface area contributed by atoms with Crippen LogP contribution in [0.5, 0.6) is 0 Å². The molecule has 31 heavy (non-hydrogen) atoms. The van der Waals surface area contributed by atoms with E-state index in [0.717, 1.165) is 22.1 Å². The molecule has 0 saturated carbocycles. The summed E-state index contributed by atoms with van der Waals surface area (Å²) >= 11 is 0. The number of carbonyl (C=O) groups excluding carboxylic acids is 1. The molecule has 9 heteroatoms. The van der Waals surface area contributed by atoms with Crippen LogP contribution >= 0.6 is 0 Å². The Labute approximate surface area is 176 Å². The second-order valence-electron chi connectivity index (χ2n) is 7.13. The van der Waals surface area contributed by atoms with Crippen molar-refractivity contribution >= 4 is 28.3 Å². The first kappa shape index (κ1) is 20.1. The maximum atomic E-state index is 13.3. The van der Waals surface area contributed by atoms with E-state index in [2.05, 4.69) is 15.4 Å². The summed E-state index contributed by atoms with van der Waals surface area (Å²) in [6, 6.07) is 12.5. The molecule has 0 saturated heterocycles. The average molecular weight is 419 g/mol. The topological polar surface area (TPSA) is 103 Å². The second-order valence-corrected chi connectivity index (χ2v) is 7.13. The quantitative estimate of drug-likeness (QED) is 0.381. The van der Waals surface area contributed by atoms with Crippen molar-refractivity contribution in [3.8, 4) is 11.1 Å². The summed E-state index contributed by atoms with van der Waals surface area (Å²) in [5.41, 5.74) is 3.44. The number of hydrogen-bond acceptors (Lipinski definition) is 5. The number of aryl methyl sites for hydroxylation is 2. The number of halogens is 1. The van der Waals surface area contributed by atoms with Crippen molar-refractivity contribution in [3.05, 3.63) is 81.9 Å². The third-order valence-electron chi connectivity index (χ3n) is 4.88. The fourth-order valence-electron chi connectivity index (χ4n) is 3.49. The summed E-state index contributed by atoms with van der Waals surface area (Å²) in [5.74, 6) is -0.798. The highest BCUT2D eigenvalue weighted by Crippen LogP contribution is 2.30. The Bertz CT molecular complexity index is 1310. The van der Waals surface area contributed by atoms with Crippen LogP contribution in [-0.4, -0.2) is 25.6 Å². The number of carbonyl (C=O) groups is 1. The minimum absolute atomic E-state index is 0.119. The number of benzene rings is 2. The second kappa shape index (κ2) is 7.94. The SMILES string of the molecule is Cc1ccc(NC(=O)Cn2nc(C)c3c(-c4ccc(F)cc4)ccnc32)c([N+](=O)[O-])c1. The van der Waals surface area contributed by atoms with Gasteiger partial charge in [0.05, 0.1) is 10.6 Å². The van der Waals surface area contributed by atoms with E-state index in [1.165, 1.54) is 28.9 Å². The van der Waals surface area contributed by atoms with Crippen LogP contribution in [0.1, 0.15) is 11.3 Å². The van der Waals surface area contributed by atoms with Gasteiger partial charge >= 0.3 is 0 Å². The van der Waals surface area contributed by atoms with Gasteiger partial charge in [0.2, 0.25) is 5.91 Å². The number of nitro groups is 1. The molecule has 4 rings (SSSR count). The predicted octanol–water partition coefficient (Wildman–Crippen LogP) is 4.40. The number of nitrogens with one attached hydrogen (secondary N) is 1. The van der Waals surface area contributed by atoms with Crippen molar-refractivity contribution in [1.29, 1.82) is 0 Å². The molecular weight excluding hydrogens is 401 g/mol. The zero-order valence-electron chi connectivity index (χ0n) is 16.8. The van der Waals surface area contributed by atoms with Gasteiger partial charge < -0.3 is 5.32 Å². The summed E-state index contributed by atoms with van der Waals surface area (Å²) in [4.78, 5) is 27.7. The molecule has 0 radical (unpaired) electrons. The van der Waals surface area contributed by atoms with Crippen molar-refractivity contribution in [3.63, 3.8) is 0 Å². The van der Waals surface area contributed by atoms with E-state index in [4.69, 9.17) is 0 Å². The highest BCUT2D eigenvalue weighted by Gasteiger charge is 2.19. The van der Waals surface area contributed by atoms with E-state index in [9.17, 15) is 19.3 Å². The molecule has 2 heterocycles. The smallest absolute Gasteiger partial charge is 0.293 e. The third kappa shape index (κ3) is 3.97. The number of nitrogens with zero attached hydrogens (tertiary/aromatic N) is 4. The van der Waals surface area contributed by atoms with Gasteiger partial charge in [-0.3, -0.25) is 14.9 Å². The number of pyridine rings is 1. The minimum Gasteiger partial charge on any atom is -0.319 e. The van der Waals surface area contributed by atoms with Gasteiger partial charge in [-0.2, -0.15) is 5.10 Å². The van der Waals surface area contributed by atoms with Crippen molar-refractivity contribution in [2.24, 2.45) is 0 Å². The molecule has 0 aliphatic heterocycles. The van der Waals surface area contributed by atoms with Gasteiger partial charge in [0.1, 0.15) is 18.0 Å². The molecule has 2 aromatic heterocycles. The highest BCUT2D eigenvalue weighted by atomic mass is 19.1. The summed E-state index contributed by atoms with van der Waals surface area (Å²) in [7, 11) is 0. The average Bonchev–Trinajstić information content (AvgIpc) is 3.05. The molecule has 0 spiro atoms. The van der Waals surface area contributed by atoms with Crippen molar-refractivity contribution in [2.75, 3.05) is 5.32 Å². The molecule has 156 valence electrons. The highest BCUT2D eigenvalue weighted by molar-refractivity contribution is 5.97. The minimum atomic E-state index is -0.535. The van der Waals surface area contributed by atoms with Crippen LogP contribution in [0.15, 0.2) is 54.7 Å². The van der Waals surface area contributed by atoms with E-state index in [0.29, 0.717) is 11.3 Å². The maximum absolute atomic E-state index is 13.3. The van der Waals surface area contributed by atoms with Crippen molar-refractivity contribution in [2.45, 2.75) is 20.4 Å². The molecule has 0 aliphatic rings. The number of nitro benzene ring substituents is 1. The standard InChI is InChI=1S/C22H18FN5O3/c1-13-3-8-18(19(11-13)28(30)31)25-20(29)12-27-22-21(14(2)26-27)17(9-10-24-22)15-4-6-16(23)7-5-15/h3-11H,12H2,1-2H3,(H,25,29). The lowest BCUT2D eigenvalue weighted by Crippen LogP contribution is -2.20. The zero-order valence-corrected chi connectivity index (χ0v) is 16.8. The van der Waals surface area contributed by atoms with E-state index in [1.54, 1.807) is 38.2 Å². The van der Waals surface area contributed by atoms with Crippen molar-refractivity contribution < 1.29 is 14.1 Å². The van der Waals surface area contributed by atoms with Gasteiger partial charge in [0.15, 0.2) is 5.65 Å². The first-order chi connectivity index (χ1) is 14.8. The number of fused-ring (bicyclic) bond motifs is 1. The number of hydrogen-bond donors (Lipinski definition) is 1.